The molecule has 0 fully saturated rings. The van der Waals surface area contributed by atoms with E-state index in [-0.39, 0.29) is 5.82 Å². The second kappa shape index (κ2) is 7.10. The lowest BCUT2D eigenvalue weighted by molar-refractivity contribution is 0.211. The average Bonchev–Trinajstić information content (AvgIpc) is 3.10. The van der Waals surface area contributed by atoms with E-state index in [0.29, 0.717) is 16.9 Å². The fourth-order valence-corrected chi connectivity index (χ4v) is 3.09. The summed E-state index contributed by atoms with van der Waals surface area (Å²) in [5, 5.41) is 10.6. The van der Waals surface area contributed by atoms with Gasteiger partial charge in [-0.25, -0.2) is 9.37 Å². The maximum Gasteiger partial charge on any atom is 0.140 e. The summed E-state index contributed by atoms with van der Waals surface area (Å²) in [6.45, 7) is 0. The third-order valence-corrected chi connectivity index (χ3v) is 4.56. The van der Waals surface area contributed by atoms with Crippen LogP contribution in [0.3, 0.4) is 0 Å². The average molecular weight is 346 g/mol. The van der Waals surface area contributed by atoms with Gasteiger partial charge in [-0.3, -0.25) is 0 Å². The van der Waals surface area contributed by atoms with Crippen molar-refractivity contribution < 1.29 is 9.50 Å². The van der Waals surface area contributed by atoms with Crippen LogP contribution in [0.2, 0.25) is 0 Å². The molecule has 4 rings (SSSR count). The number of aromatic amines is 1. The van der Waals surface area contributed by atoms with Crippen molar-refractivity contribution in [2.45, 2.75) is 18.9 Å². The molecular formula is C22H19FN2O. The van der Waals surface area contributed by atoms with Crippen LogP contribution >= 0.6 is 0 Å². The Labute approximate surface area is 151 Å². The van der Waals surface area contributed by atoms with Gasteiger partial charge in [-0.15, -0.1) is 0 Å². The van der Waals surface area contributed by atoms with Crippen LogP contribution in [0.25, 0.3) is 11.0 Å². The Morgan fingerprint density at radius 1 is 0.885 bits per heavy atom. The second-order valence-corrected chi connectivity index (χ2v) is 6.41. The number of nitrogens with zero attached hydrogens (tertiary/aromatic N) is 1. The van der Waals surface area contributed by atoms with Gasteiger partial charge in [0.05, 0.1) is 11.0 Å². The third kappa shape index (κ3) is 3.51. The first-order valence-electron chi connectivity index (χ1n) is 8.65. The van der Waals surface area contributed by atoms with Crippen LogP contribution in [0.1, 0.15) is 28.6 Å². The second-order valence-electron chi connectivity index (χ2n) is 6.41. The van der Waals surface area contributed by atoms with E-state index >= 15 is 0 Å². The summed E-state index contributed by atoms with van der Waals surface area (Å²) < 4.78 is 13.3. The van der Waals surface area contributed by atoms with E-state index in [4.69, 9.17) is 0 Å². The number of halogens is 1. The SMILES string of the molecule is OC(c1ccc(CCc2ccccc2)cc1)c1nc2cc(F)ccc2[nH]1. The Kier molecular flexibility index (Phi) is 4.50. The molecule has 1 heterocycles. The molecule has 3 aromatic carbocycles. The number of hydrogen-bond donors (Lipinski definition) is 2. The van der Waals surface area contributed by atoms with E-state index < -0.39 is 6.10 Å². The molecule has 130 valence electrons. The zero-order chi connectivity index (χ0) is 17.9. The Morgan fingerprint density at radius 3 is 2.31 bits per heavy atom. The van der Waals surface area contributed by atoms with Crippen LogP contribution in [0.15, 0.2) is 72.8 Å². The van der Waals surface area contributed by atoms with Crippen molar-refractivity contribution >= 4 is 11.0 Å². The minimum absolute atomic E-state index is 0.340. The summed E-state index contributed by atoms with van der Waals surface area (Å²) in [5.74, 6) is 0.0791. The van der Waals surface area contributed by atoms with Gasteiger partial charge in [-0.2, -0.15) is 0 Å². The molecule has 1 aromatic heterocycles. The number of rotatable bonds is 5. The minimum atomic E-state index is -0.867. The third-order valence-electron chi connectivity index (χ3n) is 4.56. The quantitative estimate of drug-likeness (QED) is 0.556. The predicted octanol–water partition coefficient (Wildman–Crippen LogP) is 4.57. The van der Waals surface area contributed by atoms with Gasteiger partial charge in [0.1, 0.15) is 17.7 Å². The first-order chi connectivity index (χ1) is 12.7. The van der Waals surface area contributed by atoms with Crippen molar-refractivity contribution in [3.05, 3.63) is 101 Å². The lowest BCUT2D eigenvalue weighted by Crippen LogP contribution is -2.02. The molecule has 0 aliphatic carbocycles. The summed E-state index contributed by atoms with van der Waals surface area (Å²) in [6.07, 6.45) is 1.07. The first kappa shape index (κ1) is 16.5. The first-order valence-corrected chi connectivity index (χ1v) is 8.65. The number of H-pyrrole nitrogens is 1. The topological polar surface area (TPSA) is 48.9 Å². The smallest absolute Gasteiger partial charge is 0.140 e. The minimum Gasteiger partial charge on any atom is -0.380 e. The number of aromatic nitrogens is 2. The Bertz CT molecular complexity index is 1010. The van der Waals surface area contributed by atoms with Gasteiger partial charge < -0.3 is 10.1 Å². The van der Waals surface area contributed by atoms with E-state index in [0.717, 1.165) is 18.4 Å². The van der Waals surface area contributed by atoms with Crippen molar-refractivity contribution in [3.8, 4) is 0 Å². The molecule has 0 bridgehead atoms. The van der Waals surface area contributed by atoms with Crippen LogP contribution in [0.4, 0.5) is 4.39 Å². The highest BCUT2D eigenvalue weighted by molar-refractivity contribution is 5.75. The van der Waals surface area contributed by atoms with Gasteiger partial charge in [0.2, 0.25) is 0 Å². The van der Waals surface area contributed by atoms with Crippen molar-refractivity contribution in [1.29, 1.82) is 0 Å². The molecule has 0 aliphatic heterocycles. The Hall–Kier alpha value is -2.98. The van der Waals surface area contributed by atoms with Crippen LogP contribution in [0, 0.1) is 5.82 Å². The number of benzene rings is 3. The molecule has 4 heteroatoms. The summed E-state index contributed by atoms with van der Waals surface area (Å²) in [5.41, 5.74) is 4.51. The highest BCUT2D eigenvalue weighted by atomic mass is 19.1. The van der Waals surface area contributed by atoms with Crippen molar-refractivity contribution in [3.63, 3.8) is 0 Å². The maximum absolute atomic E-state index is 13.3. The number of imidazole rings is 1. The predicted molar refractivity (Wildman–Crippen MR) is 100 cm³/mol. The van der Waals surface area contributed by atoms with Crippen molar-refractivity contribution in [1.82, 2.24) is 9.97 Å². The number of aliphatic hydroxyl groups excluding tert-OH is 1. The number of aryl methyl sites for hydroxylation is 2. The van der Waals surface area contributed by atoms with Gasteiger partial charge in [0.15, 0.2) is 0 Å². The fraction of sp³-hybridized carbons (Fsp3) is 0.136. The molecule has 2 N–H and O–H groups in total. The number of nitrogens with one attached hydrogen (secondary N) is 1. The lowest BCUT2D eigenvalue weighted by Gasteiger charge is -2.09. The highest BCUT2D eigenvalue weighted by Crippen LogP contribution is 2.23. The molecule has 26 heavy (non-hydrogen) atoms. The molecule has 0 spiro atoms. The zero-order valence-corrected chi connectivity index (χ0v) is 14.2. The molecule has 0 saturated heterocycles. The monoisotopic (exact) mass is 346 g/mol. The van der Waals surface area contributed by atoms with Crippen LogP contribution in [0.5, 0.6) is 0 Å². The molecule has 0 radical (unpaired) electrons. The van der Waals surface area contributed by atoms with Gasteiger partial charge >= 0.3 is 0 Å². The van der Waals surface area contributed by atoms with E-state index in [2.05, 4.69) is 22.1 Å². The van der Waals surface area contributed by atoms with Gasteiger partial charge in [0.25, 0.3) is 0 Å². The molecule has 1 unspecified atom stereocenters. The van der Waals surface area contributed by atoms with Crippen LogP contribution < -0.4 is 0 Å². The molecule has 1 atom stereocenters. The summed E-state index contributed by atoms with van der Waals surface area (Å²) in [4.78, 5) is 7.36. The molecule has 0 saturated carbocycles. The fourth-order valence-electron chi connectivity index (χ4n) is 3.09. The van der Waals surface area contributed by atoms with Crippen molar-refractivity contribution in [2.24, 2.45) is 0 Å². The zero-order valence-electron chi connectivity index (χ0n) is 14.2. The largest absolute Gasteiger partial charge is 0.380 e. The standard InChI is InChI=1S/C22H19FN2O/c23-18-12-13-19-20(14-18)25-22(24-19)21(26)17-10-8-16(9-11-17)7-6-15-4-2-1-3-5-15/h1-5,8-14,21,26H,6-7H2,(H,24,25). The number of fused-ring (bicyclic) bond motifs is 1. The summed E-state index contributed by atoms with van der Waals surface area (Å²) >= 11 is 0. The van der Waals surface area contributed by atoms with E-state index in [9.17, 15) is 9.50 Å². The summed E-state index contributed by atoms with van der Waals surface area (Å²) in [6, 6.07) is 22.6. The van der Waals surface area contributed by atoms with Gasteiger partial charge in [0, 0.05) is 6.07 Å². The maximum atomic E-state index is 13.3. The number of hydrogen-bond acceptors (Lipinski definition) is 2. The van der Waals surface area contributed by atoms with E-state index in [1.165, 1.54) is 23.3 Å². The molecule has 3 nitrogen and oxygen atoms in total. The van der Waals surface area contributed by atoms with Crippen LogP contribution in [-0.4, -0.2) is 15.1 Å². The van der Waals surface area contributed by atoms with Crippen molar-refractivity contribution in [2.75, 3.05) is 0 Å². The molecular weight excluding hydrogens is 327 g/mol. The number of aliphatic hydroxyl groups is 1. The molecule has 0 amide bonds. The van der Waals surface area contributed by atoms with E-state index in [1.807, 2.05) is 42.5 Å². The van der Waals surface area contributed by atoms with Gasteiger partial charge in [-0.05, 0) is 41.7 Å². The van der Waals surface area contributed by atoms with E-state index in [1.54, 1.807) is 6.07 Å². The lowest BCUT2D eigenvalue weighted by atomic mass is 10.0. The summed E-state index contributed by atoms with van der Waals surface area (Å²) in [7, 11) is 0. The molecule has 4 aromatic rings. The normalized spacial score (nSPS) is 12.4. The Balaban J connectivity index is 1.48. The Morgan fingerprint density at radius 2 is 1.58 bits per heavy atom. The highest BCUT2D eigenvalue weighted by Gasteiger charge is 2.15. The van der Waals surface area contributed by atoms with Gasteiger partial charge in [-0.1, -0.05) is 54.6 Å². The van der Waals surface area contributed by atoms with Crippen LogP contribution in [-0.2, 0) is 12.8 Å². The molecule has 0 aliphatic rings.